The Balaban J connectivity index is 2.26. The van der Waals surface area contributed by atoms with E-state index in [2.05, 4.69) is 21.2 Å². The summed E-state index contributed by atoms with van der Waals surface area (Å²) in [6.07, 6.45) is 0. The van der Waals surface area contributed by atoms with Gasteiger partial charge in [-0.25, -0.2) is 0 Å². The molecule has 0 saturated carbocycles. The average Bonchev–Trinajstić information content (AvgIpc) is 2.37. The Bertz CT molecular complexity index is 640. The number of hydrogen-bond donors (Lipinski definition) is 1. The molecule has 1 N–H and O–H groups in total. The maximum Gasteiger partial charge on any atom is 0.255 e. The Hall–Kier alpha value is -1.32. The molecule has 19 heavy (non-hydrogen) atoms. The van der Waals surface area contributed by atoms with Crippen molar-refractivity contribution in [2.75, 3.05) is 5.32 Å². The van der Waals surface area contributed by atoms with Crippen LogP contribution < -0.4 is 5.32 Å². The number of halogens is 2. The molecule has 0 radical (unpaired) electrons. The second kappa shape index (κ2) is 5.76. The standard InChI is InChI=1S/C15H13BrClNO/c1-9-6-7-11(8-13(9)16)18-15(19)12-4-3-5-14(17)10(12)2/h3-8H,1-2H3,(H,18,19). The SMILES string of the molecule is Cc1ccc(NC(=O)c2cccc(Cl)c2C)cc1Br. The van der Waals surface area contributed by atoms with Crippen LogP contribution >= 0.6 is 27.5 Å². The number of carbonyl (C=O) groups excluding carboxylic acids is 1. The highest BCUT2D eigenvalue weighted by molar-refractivity contribution is 9.10. The van der Waals surface area contributed by atoms with Crippen LogP contribution in [0.2, 0.25) is 5.02 Å². The zero-order chi connectivity index (χ0) is 14.0. The summed E-state index contributed by atoms with van der Waals surface area (Å²) >= 11 is 9.47. The second-order valence-corrected chi connectivity index (χ2v) is 5.59. The molecule has 0 saturated heterocycles. The second-order valence-electron chi connectivity index (χ2n) is 4.33. The van der Waals surface area contributed by atoms with Crippen molar-refractivity contribution in [3.63, 3.8) is 0 Å². The van der Waals surface area contributed by atoms with Gasteiger partial charge >= 0.3 is 0 Å². The van der Waals surface area contributed by atoms with E-state index in [1.807, 2.05) is 32.0 Å². The number of benzene rings is 2. The van der Waals surface area contributed by atoms with E-state index in [0.29, 0.717) is 10.6 Å². The number of aryl methyl sites for hydroxylation is 1. The fourth-order valence-electron chi connectivity index (χ4n) is 1.72. The maximum absolute atomic E-state index is 12.2. The number of rotatable bonds is 2. The van der Waals surface area contributed by atoms with E-state index in [0.717, 1.165) is 21.3 Å². The summed E-state index contributed by atoms with van der Waals surface area (Å²) in [5.41, 5.74) is 3.25. The van der Waals surface area contributed by atoms with Gasteiger partial charge in [-0.2, -0.15) is 0 Å². The molecule has 1 amide bonds. The highest BCUT2D eigenvalue weighted by Gasteiger charge is 2.11. The minimum absolute atomic E-state index is 0.157. The first-order valence-electron chi connectivity index (χ1n) is 5.81. The summed E-state index contributed by atoms with van der Waals surface area (Å²) in [4.78, 5) is 12.2. The van der Waals surface area contributed by atoms with Crippen LogP contribution in [0.4, 0.5) is 5.69 Å². The summed E-state index contributed by atoms with van der Waals surface area (Å²) in [5.74, 6) is -0.157. The molecular weight excluding hydrogens is 326 g/mol. The predicted molar refractivity (Wildman–Crippen MR) is 83.0 cm³/mol. The summed E-state index contributed by atoms with van der Waals surface area (Å²) in [6, 6.07) is 11.0. The van der Waals surface area contributed by atoms with Crippen LogP contribution in [-0.4, -0.2) is 5.91 Å². The van der Waals surface area contributed by atoms with Crippen LogP contribution in [0.5, 0.6) is 0 Å². The van der Waals surface area contributed by atoms with Gasteiger partial charge in [-0.3, -0.25) is 4.79 Å². The smallest absolute Gasteiger partial charge is 0.255 e. The van der Waals surface area contributed by atoms with Gasteiger partial charge in [0.05, 0.1) is 0 Å². The van der Waals surface area contributed by atoms with Crippen molar-refractivity contribution in [1.82, 2.24) is 0 Å². The summed E-state index contributed by atoms with van der Waals surface area (Å²) in [7, 11) is 0. The number of nitrogens with one attached hydrogen (secondary N) is 1. The molecule has 0 atom stereocenters. The highest BCUT2D eigenvalue weighted by atomic mass is 79.9. The van der Waals surface area contributed by atoms with Crippen LogP contribution in [0.1, 0.15) is 21.5 Å². The van der Waals surface area contributed by atoms with Crippen molar-refractivity contribution in [3.8, 4) is 0 Å². The molecular formula is C15H13BrClNO. The third-order valence-electron chi connectivity index (χ3n) is 2.94. The van der Waals surface area contributed by atoms with E-state index in [9.17, 15) is 4.79 Å². The molecule has 0 fully saturated rings. The van der Waals surface area contributed by atoms with Gasteiger partial charge in [-0.15, -0.1) is 0 Å². The minimum Gasteiger partial charge on any atom is -0.322 e. The molecule has 0 aliphatic rings. The predicted octanol–water partition coefficient (Wildman–Crippen LogP) is 4.97. The van der Waals surface area contributed by atoms with Crippen molar-refractivity contribution >= 4 is 39.1 Å². The Labute approximate surface area is 125 Å². The molecule has 98 valence electrons. The molecule has 0 bridgehead atoms. The summed E-state index contributed by atoms with van der Waals surface area (Å²) in [5, 5.41) is 3.46. The van der Waals surface area contributed by atoms with Crippen LogP contribution in [0.25, 0.3) is 0 Å². The molecule has 4 heteroatoms. The lowest BCUT2D eigenvalue weighted by molar-refractivity contribution is 0.102. The van der Waals surface area contributed by atoms with Gasteiger partial charge < -0.3 is 5.32 Å². The number of carbonyl (C=O) groups is 1. The van der Waals surface area contributed by atoms with Gasteiger partial charge in [-0.1, -0.05) is 39.7 Å². The molecule has 2 nitrogen and oxygen atoms in total. The number of anilines is 1. The number of amides is 1. The highest BCUT2D eigenvalue weighted by Crippen LogP contribution is 2.23. The van der Waals surface area contributed by atoms with E-state index < -0.39 is 0 Å². The first kappa shape index (κ1) is 14.1. The molecule has 0 spiro atoms. The summed E-state index contributed by atoms with van der Waals surface area (Å²) in [6.45, 7) is 3.83. The first-order chi connectivity index (χ1) is 8.99. The lowest BCUT2D eigenvalue weighted by atomic mass is 10.1. The molecule has 0 aliphatic carbocycles. The van der Waals surface area contributed by atoms with E-state index >= 15 is 0 Å². The fraction of sp³-hybridized carbons (Fsp3) is 0.133. The van der Waals surface area contributed by atoms with Crippen molar-refractivity contribution in [3.05, 3.63) is 62.6 Å². The topological polar surface area (TPSA) is 29.1 Å². The molecule has 0 aromatic heterocycles. The van der Waals surface area contributed by atoms with Crippen LogP contribution in [0, 0.1) is 13.8 Å². The molecule has 2 rings (SSSR count). The molecule has 2 aromatic carbocycles. The van der Waals surface area contributed by atoms with Gasteiger partial charge in [0.2, 0.25) is 0 Å². The zero-order valence-corrected chi connectivity index (χ0v) is 13.0. The van der Waals surface area contributed by atoms with Gasteiger partial charge in [0.25, 0.3) is 5.91 Å². The lowest BCUT2D eigenvalue weighted by Crippen LogP contribution is -2.13. The number of hydrogen-bond acceptors (Lipinski definition) is 1. The van der Waals surface area contributed by atoms with Crippen molar-refractivity contribution in [2.24, 2.45) is 0 Å². The Morgan fingerprint density at radius 3 is 2.63 bits per heavy atom. The van der Waals surface area contributed by atoms with Crippen molar-refractivity contribution < 1.29 is 4.79 Å². The molecule has 0 heterocycles. The molecule has 2 aromatic rings. The Morgan fingerprint density at radius 2 is 1.95 bits per heavy atom. The van der Waals surface area contributed by atoms with Gasteiger partial charge in [-0.05, 0) is 49.2 Å². The van der Waals surface area contributed by atoms with Gasteiger partial charge in [0, 0.05) is 20.7 Å². The van der Waals surface area contributed by atoms with Crippen molar-refractivity contribution in [2.45, 2.75) is 13.8 Å². The largest absolute Gasteiger partial charge is 0.322 e. The quantitative estimate of drug-likeness (QED) is 0.823. The Morgan fingerprint density at radius 1 is 1.21 bits per heavy atom. The molecule has 0 aliphatic heterocycles. The summed E-state index contributed by atoms with van der Waals surface area (Å²) < 4.78 is 0.966. The van der Waals surface area contributed by atoms with E-state index in [1.165, 1.54) is 0 Å². The third kappa shape index (κ3) is 3.17. The van der Waals surface area contributed by atoms with Crippen molar-refractivity contribution in [1.29, 1.82) is 0 Å². The van der Waals surface area contributed by atoms with E-state index in [-0.39, 0.29) is 5.91 Å². The van der Waals surface area contributed by atoms with Crippen LogP contribution in [0.15, 0.2) is 40.9 Å². The fourth-order valence-corrected chi connectivity index (χ4v) is 2.28. The van der Waals surface area contributed by atoms with Gasteiger partial charge in [0.15, 0.2) is 0 Å². The first-order valence-corrected chi connectivity index (χ1v) is 6.99. The minimum atomic E-state index is -0.157. The lowest BCUT2D eigenvalue weighted by Gasteiger charge is -2.09. The monoisotopic (exact) mass is 337 g/mol. The third-order valence-corrected chi connectivity index (χ3v) is 4.21. The zero-order valence-electron chi connectivity index (χ0n) is 10.6. The van der Waals surface area contributed by atoms with Crippen LogP contribution in [-0.2, 0) is 0 Å². The maximum atomic E-state index is 12.2. The average molecular weight is 339 g/mol. The van der Waals surface area contributed by atoms with Gasteiger partial charge in [0.1, 0.15) is 0 Å². The van der Waals surface area contributed by atoms with E-state index in [4.69, 9.17) is 11.6 Å². The van der Waals surface area contributed by atoms with E-state index in [1.54, 1.807) is 18.2 Å². The normalized spacial score (nSPS) is 10.3. The molecule has 0 unspecified atom stereocenters. The van der Waals surface area contributed by atoms with Crippen LogP contribution in [0.3, 0.4) is 0 Å². The Kier molecular flexibility index (Phi) is 4.27.